The van der Waals surface area contributed by atoms with Crippen molar-refractivity contribution in [1.29, 1.82) is 0 Å². The fourth-order valence-corrected chi connectivity index (χ4v) is 4.19. The van der Waals surface area contributed by atoms with Crippen molar-refractivity contribution < 1.29 is 4.74 Å². The Bertz CT molecular complexity index is 282. The quantitative estimate of drug-likeness (QED) is 0.429. The van der Waals surface area contributed by atoms with Crippen LogP contribution in [0, 0.1) is 0 Å². The molecule has 2 nitrogen and oxygen atoms in total. The monoisotopic (exact) mass is 325 g/mol. The van der Waals surface area contributed by atoms with Crippen LogP contribution in [0.15, 0.2) is 0 Å². The summed E-state index contributed by atoms with van der Waals surface area (Å²) in [5.74, 6) is 0. The number of nitrogens with one attached hydrogen (secondary N) is 1. The second kappa shape index (κ2) is 10.7. The minimum absolute atomic E-state index is 0.199. The Labute approximate surface area is 146 Å². The molecule has 1 aliphatic heterocycles. The fourth-order valence-electron chi connectivity index (χ4n) is 4.19. The second-order valence-corrected chi connectivity index (χ2v) is 8.98. The van der Waals surface area contributed by atoms with E-state index in [-0.39, 0.29) is 11.1 Å². The summed E-state index contributed by atoms with van der Waals surface area (Å²) in [5.41, 5.74) is 0.397. The zero-order valence-corrected chi connectivity index (χ0v) is 16.7. The van der Waals surface area contributed by atoms with Crippen LogP contribution in [0.2, 0.25) is 0 Å². The van der Waals surface area contributed by atoms with Gasteiger partial charge < -0.3 is 10.1 Å². The lowest BCUT2D eigenvalue weighted by atomic mass is 9.81. The molecule has 0 spiro atoms. The van der Waals surface area contributed by atoms with E-state index in [1.54, 1.807) is 0 Å². The van der Waals surface area contributed by atoms with E-state index in [9.17, 15) is 0 Å². The predicted molar refractivity (Wildman–Crippen MR) is 102 cm³/mol. The van der Waals surface area contributed by atoms with Crippen molar-refractivity contribution in [3.8, 4) is 0 Å². The molecule has 1 saturated heterocycles. The normalized spacial score (nSPS) is 20.7. The molecule has 0 aromatic rings. The molecule has 1 heterocycles. The van der Waals surface area contributed by atoms with Gasteiger partial charge in [0.05, 0.1) is 6.10 Å². The summed E-state index contributed by atoms with van der Waals surface area (Å²) in [6, 6.07) is 0. The van der Waals surface area contributed by atoms with Crippen molar-refractivity contribution in [3.63, 3.8) is 0 Å². The Hall–Kier alpha value is -0.0800. The molecule has 1 N–H and O–H groups in total. The van der Waals surface area contributed by atoms with Crippen LogP contribution < -0.4 is 5.32 Å². The third kappa shape index (κ3) is 10.4. The summed E-state index contributed by atoms with van der Waals surface area (Å²) in [6.07, 6.45) is 16.6. The molecule has 0 aromatic heterocycles. The van der Waals surface area contributed by atoms with Crippen LogP contribution >= 0.6 is 0 Å². The first-order chi connectivity index (χ1) is 10.8. The van der Waals surface area contributed by atoms with E-state index in [0.717, 1.165) is 19.4 Å². The molecule has 0 amide bonds. The summed E-state index contributed by atoms with van der Waals surface area (Å²) in [7, 11) is 0. The fraction of sp³-hybridized carbons (Fsp3) is 1.00. The molecule has 1 aliphatic rings. The van der Waals surface area contributed by atoms with Gasteiger partial charge in [-0.25, -0.2) is 0 Å². The van der Waals surface area contributed by atoms with Crippen LogP contribution in [0.1, 0.15) is 112 Å². The van der Waals surface area contributed by atoms with Gasteiger partial charge >= 0.3 is 0 Å². The van der Waals surface area contributed by atoms with Gasteiger partial charge in [-0.15, -0.1) is 0 Å². The number of piperidine rings is 1. The first-order valence-corrected chi connectivity index (χ1v) is 10.3. The highest BCUT2D eigenvalue weighted by atomic mass is 16.5. The minimum atomic E-state index is 0.199. The predicted octanol–water partition coefficient (Wildman–Crippen LogP) is 6.23. The van der Waals surface area contributed by atoms with Crippen molar-refractivity contribution in [2.45, 2.75) is 129 Å². The van der Waals surface area contributed by atoms with Crippen molar-refractivity contribution in [3.05, 3.63) is 0 Å². The van der Waals surface area contributed by atoms with Gasteiger partial charge in [-0.05, 0) is 47.0 Å². The molecule has 0 saturated carbocycles. The summed E-state index contributed by atoms with van der Waals surface area (Å²) in [4.78, 5) is 0. The molecule has 1 rings (SSSR count). The first-order valence-electron chi connectivity index (χ1n) is 10.3. The molecule has 0 radical (unpaired) electrons. The highest BCUT2D eigenvalue weighted by Crippen LogP contribution is 2.30. The van der Waals surface area contributed by atoms with E-state index in [1.165, 1.54) is 64.2 Å². The second-order valence-electron chi connectivity index (χ2n) is 8.98. The van der Waals surface area contributed by atoms with E-state index < -0.39 is 0 Å². The van der Waals surface area contributed by atoms with Gasteiger partial charge in [0, 0.05) is 17.7 Å². The summed E-state index contributed by atoms with van der Waals surface area (Å²) in [6.45, 7) is 12.4. The lowest BCUT2D eigenvalue weighted by molar-refractivity contribution is -0.0228. The Morgan fingerprint density at radius 1 is 0.739 bits per heavy atom. The smallest absolute Gasteiger partial charge is 0.0609 e. The summed E-state index contributed by atoms with van der Waals surface area (Å²) < 4.78 is 6.19. The highest BCUT2D eigenvalue weighted by molar-refractivity contribution is 4.97. The van der Waals surface area contributed by atoms with Gasteiger partial charge in [0.15, 0.2) is 0 Å². The van der Waals surface area contributed by atoms with Crippen molar-refractivity contribution in [2.75, 3.05) is 6.61 Å². The van der Waals surface area contributed by atoms with Crippen molar-refractivity contribution in [2.24, 2.45) is 0 Å². The number of hydrogen-bond acceptors (Lipinski definition) is 2. The van der Waals surface area contributed by atoms with Gasteiger partial charge in [0.25, 0.3) is 0 Å². The summed E-state index contributed by atoms with van der Waals surface area (Å²) in [5, 5.41) is 3.72. The number of hydrogen-bond donors (Lipinski definition) is 1. The minimum Gasteiger partial charge on any atom is -0.378 e. The molecule has 23 heavy (non-hydrogen) atoms. The van der Waals surface area contributed by atoms with E-state index in [2.05, 4.69) is 39.9 Å². The van der Waals surface area contributed by atoms with Crippen molar-refractivity contribution >= 4 is 0 Å². The van der Waals surface area contributed by atoms with Crippen LogP contribution in [-0.2, 0) is 4.74 Å². The Balaban J connectivity index is 1.96. The van der Waals surface area contributed by atoms with Crippen LogP contribution in [0.3, 0.4) is 0 Å². The summed E-state index contributed by atoms with van der Waals surface area (Å²) >= 11 is 0. The number of unbranched alkanes of at least 4 members (excludes halogenated alkanes) is 9. The van der Waals surface area contributed by atoms with E-state index in [0.29, 0.717) is 6.10 Å². The van der Waals surface area contributed by atoms with E-state index in [4.69, 9.17) is 4.74 Å². The maximum absolute atomic E-state index is 6.19. The molecule has 0 aromatic carbocycles. The topological polar surface area (TPSA) is 21.3 Å². The largest absolute Gasteiger partial charge is 0.378 e. The number of ether oxygens (including phenoxy) is 1. The van der Waals surface area contributed by atoms with Crippen LogP contribution in [0.4, 0.5) is 0 Å². The Morgan fingerprint density at radius 3 is 1.65 bits per heavy atom. The molecule has 0 bridgehead atoms. The molecule has 0 atom stereocenters. The first kappa shape index (κ1) is 21.0. The van der Waals surface area contributed by atoms with Crippen LogP contribution in [0.25, 0.3) is 0 Å². The third-order valence-electron chi connectivity index (χ3n) is 5.00. The van der Waals surface area contributed by atoms with Gasteiger partial charge in [-0.1, -0.05) is 64.7 Å². The maximum atomic E-state index is 6.19. The zero-order valence-electron chi connectivity index (χ0n) is 16.7. The van der Waals surface area contributed by atoms with Crippen molar-refractivity contribution in [1.82, 2.24) is 5.32 Å². The maximum Gasteiger partial charge on any atom is 0.0609 e. The SMILES string of the molecule is CCCCCCCCCCCCOC1CC(C)(C)NC(C)(C)C1. The molecule has 0 aliphatic carbocycles. The van der Waals surface area contributed by atoms with Gasteiger partial charge in [-0.3, -0.25) is 0 Å². The van der Waals surface area contributed by atoms with Gasteiger partial charge in [0.1, 0.15) is 0 Å². The van der Waals surface area contributed by atoms with Gasteiger partial charge in [0.2, 0.25) is 0 Å². The zero-order chi connectivity index (χ0) is 17.2. The molecular weight excluding hydrogens is 282 g/mol. The van der Waals surface area contributed by atoms with Gasteiger partial charge in [-0.2, -0.15) is 0 Å². The standard InChI is InChI=1S/C21H43NO/c1-6-7-8-9-10-11-12-13-14-15-16-23-19-17-20(2,3)22-21(4,5)18-19/h19,22H,6-18H2,1-5H3. The number of rotatable bonds is 12. The average molecular weight is 326 g/mol. The van der Waals surface area contributed by atoms with E-state index >= 15 is 0 Å². The van der Waals surface area contributed by atoms with Crippen LogP contribution in [0.5, 0.6) is 0 Å². The average Bonchev–Trinajstić information content (AvgIpc) is 2.41. The Morgan fingerprint density at radius 2 is 1.17 bits per heavy atom. The van der Waals surface area contributed by atoms with Crippen LogP contribution in [-0.4, -0.2) is 23.8 Å². The molecular formula is C21H43NO. The lowest BCUT2D eigenvalue weighted by Crippen LogP contribution is -2.59. The molecule has 1 fully saturated rings. The lowest BCUT2D eigenvalue weighted by Gasteiger charge is -2.46. The third-order valence-corrected chi connectivity index (χ3v) is 5.00. The Kier molecular flexibility index (Phi) is 9.77. The molecule has 0 unspecified atom stereocenters. The van der Waals surface area contributed by atoms with E-state index in [1.807, 2.05) is 0 Å². The molecule has 2 heteroatoms. The highest BCUT2D eigenvalue weighted by Gasteiger charge is 2.37. The molecule has 138 valence electrons.